The van der Waals surface area contributed by atoms with E-state index in [4.69, 9.17) is 0 Å². The van der Waals surface area contributed by atoms with E-state index in [1.54, 1.807) is 17.5 Å². The van der Waals surface area contributed by atoms with E-state index in [1.165, 1.54) is 5.56 Å². The highest BCUT2D eigenvalue weighted by atomic mass is 32.1. The van der Waals surface area contributed by atoms with Gasteiger partial charge >= 0.3 is 0 Å². The Balaban J connectivity index is 1.94. The van der Waals surface area contributed by atoms with E-state index in [1.807, 2.05) is 24.7 Å². The molecule has 0 aliphatic carbocycles. The Bertz CT molecular complexity index is 722. The topological polar surface area (TPSA) is 50.7 Å². The molecule has 100 valence electrons. The summed E-state index contributed by atoms with van der Waals surface area (Å²) in [6.45, 7) is 4.03. The number of hydrogen-bond donors (Lipinski definition) is 1. The molecular weight excluding hydrogens is 268 g/mol. The summed E-state index contributed by atoms with van der Waals surface area (Å²) in [5, 5.41) is 3.25. The Hall–Kier alpha value is -2.27. The van der Waals surface area contributed by atoms with Crippen molar-refractivity contribution in [2.75, 3.05) is 5.32 Å². The monoisotopic (exact) mass is 282 g/mol. The zero-order valence-corrected chi connectivity index (χ0v) is 12.1. The quantitative estimate of drug-likeness (QED) is 0.790. The molecule has 0 aliphatic heterocycles. The molecule has 0 saturated heterocycles. The minimum atomic E-state index is 0.617. The Kier molecular flexibility index (Phi) is 3.43. The fourth-order valence-electron chi connectivity index (χ4n) is 1.99. The van der Waals surface area contributed by atoms with Gasteiger partial charge in [0.1, 0.15) is 0 Å². The zero-order chi connectivity index (χ0) is 13.9. The maximum Gasteiger partial charge on any atom is 0.227 e. The molecule has 0 unspecified atom stereocenters. The number of anilines is 2. The van der Waals surface area contributed by atoms with Crippen molar-refractivity contribution in [3.8, 4) is 10.4 Å². The number of hydrogen-bond acceptors (Lipinski definition) is 5. The van der Waals surface area contributed by atoms with Crippen molar-refractivity contribution in [2.24, 2.45) is 0 Å². The molecule has 0 amide bonds. The lowest BCUT2D eigenvalue weighted by atomic mass is 10.1. The number of aryl methyl sites for hydroxylation is 2. The molecule has 0 saturated carbocycles. The van der Waals surface area contributed by atoms with Crippen molar-refractivity contribution in [2.45, 2.75) is 13.8 Å². The molecule has 1 aromatic carbocycles. The van der Waals surface area contributed by atoms with Gasteiger partial charge in [-0.2, -0.15) is 0 Å². The Morgan fingerprint density at radius 2 is 2.05 bits per heavy atom. The third-order valence-electron chi connectivity index (χ3n) is 2.85. The number of thiazole rings is 1. The molecule has 2 aromatic heterocycles. The first-order valence-corrected chi connectivity index (χ1v) is 7.16. The lowest BCUT2D eigenvalue weighted by Crippen LogP contribution is -1.98. The first kappa shape index (κ1) is 12.7. The van der Waals surface area contributed by atoms with Crippen LogP contribution >= 0.6 is 11.3 Å². The highest BCUT2D eigenvalue weighted by Gasteiger charge is 2.04. The minimum absolute atomic E-state index is 0.617. The number of nitrogens with zero attached hydrogens (tertiary/aromatic N) is 3. The summed E-state index contributed by atoms with van der Waals surface area (Å²) in [6.07, 6.45) is 3.64. The summed E-state index contributed by atoms with van der Waals surface area (Å²) in [7, 11) is 0. The van der Waals surface area contributed by atoms with E-state index in [-0.39, 0.29) is 0 Å². The number of nitrogens with one attached hydrogen (secondary N) is 1. The smallest absolute Gasteiger partial charge is 0.227 e. The van der Waals surface area contributed by atoms with Gasteiger partial charge in [-0.05, 0) is 43.2 Å². The van der Waals surface area contributed by atoms with Crippen LogP contribution < -0.4 is 5.32 Å². The first-order valence-electron chi connectivity index (χ1n) is 6.28. The Morgan fingerprint density at radius 3 is 2.80 bits per heavy atom. The lowest BCUT2D eigenvalue weighted by Gasteiger charge is -2.08. The molecule has 20 heavy (non-hydrogen) atoms. The second-order valence-electron chi connectivity index (χ2n) is 4.60. The SMILES string of the molecule is Cc1cc(Nc2nccc(C)n2)cc(-c2cncs2)c1. The predicted octanol–water partition coefficient (Wildman–Crippen LogP) is 3.96. The van der Waals surface area contributed by atoms with Crippen LogP contribution in [0.1, 0.15) is 11.3 Å². The molecule has 0 fully saturated rings. The third-order valence-corrected chi connectivity index (χ3v) is 3.67. The van der Waals surface area contributed by atoms with Crippen LogP contribution in [0.3, 0.4) is 0 Å². The highest BCUT2D eigenvalue weighted by molar-refractivity contribution is 7.13. The van der Waals surface area contributed by atoms with Crippen molar-refractivity contribution in [3.63, 3.8) is 0 Å². The summed E-state index contributed by atoms with van der Waals surface area (Å²) < 4.78 is 0. The fourth-order valence-corrected chi connectivity index (χ4v) is 2.61. The second-order valence-corrected chi connectivity index (χ2v) is 5.49. The lowest BCUT2D eigenvalue weighted by molar-refractivity contribution is 1.10. The normalized spacial score (nSPS) is 10.5. The van der Waals surface area contributed by atoms with Crippen LogP contribution in [0.2, 0.25) is 0 Å². The summed E-state index contributed by atoms with van der Waals surface area (Å²) in [4.78, 5) is 13.9. The van der Waals surface area contributed by atoms with Gasteiger partial charge in [0.05, 0.1) is 10.4 Å². The molecule has 3 aromatic rings. The summed E-state index contributed by atoms with van der Waals surface area (Å²) >= 11 is 1.63. The molecular formula is C15H14N4S. The van der Waals surface area contributed by atoms with E-state index in [0.29, 0.717) is 5.95 Å². The first-order chi connectivity index (χ1) is 9.70. The van der Waals surface area contributed by atoms with Crippen LogP contribution in [0.4, 0.5) is 11.6 Å². The van der Waals surface area contributed by atoms with Gasteiger partial charge in [0, 0.05) is 23.8 Å². The van der Waals surface area contributed by atoms with Crippen molar-refractivity contribution >= 4 is 23.0 Å². The summed E-state index contributed by atoms with van der Waals surface area (Å²) in [6, 6.07) is 8.20. The van der Waals surface area contributed by atoms with Crippen LogP contribution in [0.25, 0.3) is 10.4 Å². The van der Waals surface area contributed by atoms with Crippen LogP contribution in [-0.4, -0.2) is 15.0 Å². The summed E-state index contributed by atoms with van der Waals surface area (Å²) in [5.74, 6) is 0.617. The molecule has 2 heterocycles. The fraction of sp³-hybridized carbons (Fsp3) is 0.133. The third kappa shape index (κ3) is 2.83. The van der Waals surface area contributed by atoms with Crippen molar-refractivity contribution < 1.29 is 0 Å². The molecule has 0 spiro atoms. The number of benzene rings is 1. The van der Waals surface area contributed by atoms with Gasteiger partial charge in [0.2, 0.25) is 5.95 Å². The maximum atomic E-state index is 4.36. The van der Waals surface area contributed by atoms with Gasteiger partial charge in [-0.25, -0.2) is 9.97 Å². The van der Waals surface area contributed by atoms with Crippen molar-refractivity contribution in [1.82, 2.24) is 15.0 Å². The Labute approximate surface area is 121 Å². The van der Waals surface area contributed by atoms with Gasteiger partial charge in [-0.3, -0.25) is 4.98 Å². The van der Waals surface area contributed by atoms with E-state index in [2.05, 4.69) is 45.4 Å². The maximum absolute atomic E-state index is 4.36. The van der Waals surface area contributed by atoms with Gasteiger partial charge in [-0.15, -0.1) is 11.3 Å². The molecule has 0 bridgehead atoms. The summed E-state index contributed by atoms with van der Waals surface area (Å²) in [5.41, 5.74) is 6.11. The largest absolute Gasteiger partial charge is 0.324 e. The van der Waals surface area contributed by atoms with Crippen LogP contribution in [0.15, 0.2) is 42.2 Å². The van der Waals surface area contributed by atoms with Crippen LogP contribution in [-0.2, 0) is 0 Å². The van der Waals surface area contributed by atoms with Gasteiger partial charge in [0.15, 0.2) is 0 Å². The number of rotatable bonds is 3. The molecule has 3 rings (SSSR count). The van der Waals surface area contributed by atoms with Gasteiger partial charge in [-0.1, -0.05) is 6.07 Å². The zero-order valence-electron chi connectivity index (χ0n) is 11.3. The van der Waals surface area contributed by atoms with Crippen molar-refractivity contribution in [1.29, 1.82) is 0 Å². The second kappa shape index (κ2) is 5.38. The van der Waals surface area contributed by atoms with Crippen molar-refractivity contribution in [3.05, 3.63) is 53.4 Å². The molecule has 0 atom stereocenters. The molecule has 0 radical (unpaired) electrons. The minimum Gasteiger partial charge on any atom is -0.324 e. The molecule has 4 nitrogen and oxygen atoms in total. The molecule has 0 aliphatic rings. The molecule has 1 N–H and O–H groups in total. The van der Waals surface area contributed by atoms with E-state index in [0.717, 1.165) is 21.8 Å². The van der Waals surface area contributed by atoms with Gasteiger partial charge in [0.25, 0.3) is 0 Å². The average molecular weight is 282 g/mol. The van der Waals surface area contributed by atoms with Crippen LogP contribution in [0, 0.1) is 13.8 Å². The standard InChI is InChI=1S/C15H14N4S/c1-10-5-12(14-8-16-9-20-14)7-13(6-10)19-15-17-4-3-11(2)18-15/h3-9H,1-2H3,(H,17,18,19). The predicted molar refractivity (Wildman–Crippen MR) is 82.3 cm³/mol. The molecule has 5 heteroatoms. The van der Waals surface area contributed by atoms with Gasteiger partial charge < -0.3 is 5.32 Å². The van der Waals surface area contributed by atoms with E-state index in [9.17, 15) is 0 Å². The number of aromatic nitrogens is 3. The van der Waals surface area contributed by atoms with E-state index >= 15 is 0 Å². The van der Waals surface area contributed by atoms with E-state index < -0.39 is 0 Å². The average Bonchev–Trinajstić information content (AvgIpc) is 2.91. The Morgan fingerprint density at radius 1 is 1.15 bits per heavy atom. The highest BCUT2D eigenvalue weighted by Crippen LogP contribution is 2.28. The van der Waals surface area contributed by atoms with Crippen LogP contribution in [0.5, 0.6) is 0 Å².